The molecule has 35 heavy (non-hydrogen) atoms. The highest BCUT2D eigenvalue weighted by Crippen LogP contribution is 2.40. The predicted octanol–water partition coefficient (Wildman–Crippen LogP) is 7.49. The number of aromatic nitrogens is 4. The zero-order valence-electron chi connectivity index (χ0n) is 18.3. The number of hydrogen-bond donors (Lipinski definition) is 1. The number of para-hydroxylation sites is 2. The molecule has 4 aromatic carbocycles. The lowest BCUT2D eigenvalue weighted by molar-refractivity contribution is 0.668. The molecule has 6 nitrogen and oxygen atoms in total. The van der Waals surface area contributed by atoms with Crippen molar-refractivity contribution >= 4 is 55.0 Å². The van der Waals surface area contributed by atoms with Crippen LogP contribution in [0.1, 0.15) is 0 Å². The van der Waals surface area contributed by atoms with Crippen LogP contribution in [-0.4, -0.2) is 19.9 Å². The van der Waals surface area contributed by atoms with Gasteiger partial charge in [-0.3, -0.25) is 0 Å². The third-order valence-electron chi connectivity index (χ3n) is 6.59. The zero-order chi connectivity index (χ0) is 22.9. The molecule has 0 unspecified atom stereocenters. The standard InChI is InChI=1S/C29H16N4O2/c1-3-11-20-16(7-1)24-18(9-5-13-22(24)34-20)26-27-29(31-15-30-27)33-28(32-26)19-10-6-14-23-25(19)17-8-2-4-12-21(17)35-23/h1-15H,(H,30,31,32,33). The van der Waals surface area contributed by atoms with Crippen LogP contribution in [0.3, 0.4) is 0 Å². The van der Waals surface area contributed by atoms with Crippen LogP contribution in [0.15, 0.2) is 100 Å². The fraction of sp³-hybridized carbons (Fsp3) is 0. The molecule has 0 amide bonds. The van der Waals surface area contributed by atoms with E-state index in [0.717, 1.165) is 66.2 Å². The Hall–Kier alpha value is -4.97. The number of nitrogens with zero attached hydrogens (tertiary/aromatic N) is 3. The second kappa shape index (κ2) is 6.77. The van der Waals surface area contributed by atoms with Crippen molar-refractivity contribution in [3.05, 3.63) is 91.3 Å². The highest BCUT2D eigenvalue weighted by atomic mass is 16.3. The monoisotopic (exact) mass is 452 g/mol. The molecule has 0 aliphatic carbocycles. The Bertz CT molecular complexity index is 2080. The molecule has 1 N–H and O–H groups in total. The van der Waals surface area contributed by atoms with Crippen molar-refractivity contribution in [2.75, 3.05) is 0 Å². The van der Waals surface area contributed by atoms with E-state index in [1.807, 2.05) is 66.7 Å². The summed E-state index contributed by atoms with van der Waals surface area (Å²) >= 11 is 0. The summed E-state index contributed by atoms with van der Waals surface area (Å²) in [6.07, 6.45) is 1.66. The van der Waals surface area contributed by atoms with Gasteiger partial charge in [0.05, 0.1) is 6.33 Å². The van der Waals surface area contributed by atoms with Gasteiger partial charge in [-0.05, 0) is 24.3 Å². The lowest BCUT2D eigenvalue weighted by atomic mass is 10.0. The molecule has 0 aliphatic rings. The SMILES string of the molecule is c1ccc2c(c1)oc1cccc(-c3nc(-c4cccc5oc6ccccc6c45)c4[nH]cnc4n3)c12. The van der Waals surface area contributed by atoms with Crippen molar-refractivity contribution in [1.82, 2.24) is 19.9 Å². The minimum absolute atomic E-state index is 0.599. The van der Waals surface area contributed by atoms with Gasteiger partial charge in [-0.1, -0.05) is 60.7 Å². The van der Waals surface area contributed by atoms with Gasteiger partial charge in [0.2, 0.25) is 0 Å². The molecule has 0 saturated heterocycles. The van der Waals surface area contributed by atoms with Gasteiger partial charge in [0.25, 0.3) is 0 Å². The van der Waals surface area contributed by atoms with Gasteiger partial charge in [0, 0.05) is 32.7 Å². The lowest BCUT2D eigenvalue weighted by Crippen LogP contribution is -1.95. The molecule has 4 aromatic heterocycles. The number of hydrogen-bond acceptors (Lipinski definition) is 5. The summed E-state index contributed by atoms with van der Waals surface area (Å²) in [5, 5.41) is 4.11. The third-order valence-corrected chi connectivity index (χ3v) is 6.59. The number of nitrogens with one attached hydrogen (secondary N) is 1. The van der Waals surface area contributed by atoms with E-state index in [9.17, 15) is 0 Å². The normalized spacial score (nSPS) is 12.0. The fourth-order valence-corrected chi connectivity index (χ4v) is 5.08. The van der Waals surface area contributed by atoms with Crippen molar-refractivity contribution in [2.45, 2.75) is 0 Å². The van der Waals surface area contributed by atoms with Gasteiger partial charge in [0.15, 0.2) is 11.5 Å². The van der Waals surface area contributed by atoms with E-state index in [2.05, 4.69) is 28.2 Å². The van der Waals surface area contributed by atoms with Gasteiger partial charge in [-0.2, -0.15) is 0 Å². The van der Waals surface area contributed by atoms with Crippen LogP contribution in [0.5, 0.6) is 0 Å². The minimum Gasteiger partial charge on any atom is -0.456 e. The van der Waals surface area contributed by atoms with E-state index in [4.69, 9.17) is 18.8 Å². The maximum atomic E-state index is 6.14. The van der Waals surface area contributed by atoms with Crippen molar-refractivity contribution in [3.63, 3.8) is 0 Å². The fourth-order valence-electron chi connectivity index (χ4n) is 5.08. The third kappa shape index (κ3) is 2.56. The van der Waals surface area contributed by atoms with E-state index in [1.54, 1.807) is 6.33 Å². The number of fused-ring (bicyclic) bond motifs is 7. The molecule has 0 radical (unpaired) electrons. The van der Waals surface area contributed by atoms with E-state index in [1.165, 1.54) is 0 Å². The largest absolute Gasteiger partial charge is 0.456 e. The number of aromatic amines is 1. The Morgan fingerprint density at radius 2 is 1.17 bits per heavy atom. The first-order chi connectivity index (χ1) is 17.3. The number of imidazole rings is 1. The Labute approximate surface area is 197 Å². The summed E-state index contributed by atoms with van der Waals surface area (Å²) in [7, 11) is 0. The van der Waals surface area contributed by atoms with Gasteiger partial charge in [0.1, 0.15) is 33.5 Å². The molecule has 164 valence electrons. The van der Waals surface area contributed by atoms with Crippen LogP contribution in [0, 0.1) is 0 Å². The molecule has 0 spiro atoms. The average molecular weight is 452 g/mol. The van der Waals surface area contributed by atoms with Gasteiger partial charge in [-0.25, -0.2) is 15.0 Å². The Morgan fingerprint density at radius 1 is 0.571 bits per heavy atom. The molecule has 0 saturated carbocycles. The number of H-pyrrole nitrogens is 1. The van der Waals surface area contributed by atoms with E-state index >= 15 is 0 Å². The zero-order valence-corrected chi connectivity index (χ0v) is 18.3. The predicted molar refractivity (Wildman–Crippen MR) is 137 cm³/mol. The minimum atomic E-state index is 0.599. The molecule has 8 aromatic rings. The maximum absolute atomic E-state index is 6.14. The van der Waals surface area contributed by atoms with Crippen molar-refractivity contribution in [1.29, 1.82) is 0 Å². The lowest BCUT2D eigenvalue weighted by Gasteiger charge is -2.08. The molecule has 8 rings (SSSR count). The summed E-state index contributed by atoms with van der Waals surface area (Å²) < 4.78 is 12.2. The summed E-state index contributed by atoms with van der Waals surface area (Å²) in [4.78, 5) is 17.7. The molecule has 4 heterocycles. The van der Waals surface area contributed by atoms with E-state index in [0.29, 0.717) is 11.5 Å². The summed E-state index contributed by atoms with van der Waals surface area (Å²) in [6, 6.07) is 28.2. The van der Waals surface area contributed by atoms with Crippen LogP contribution >= 0.6 is 0 Å². The highest BCUT2D eigenvalue weighted by Gasteiger charge is 2.20. The average Bonchev–Trinajstić information content (AvgIpc) is 3.62. The molecule has 0 bridgehead atoms. The highest BCUT2D eigenvalue weighted by molar-refractivity contribution is 6.15. The van der Waals surface area contributed by atoms with Crippen LogP contribution in [0.2, 0.25) is 0 Å². The van der Waals surface area contributed by atoms with Crippen LogP contribution in [0.4, 0.5) is 0 Å². The first-order valence-electron chi connectivity index (χ1n) is 11.4. The van der Waals surface area contributed by atoms with E-state index in [-0.39, 0.29) is 0 Å². The second-order valence-electron chi connectivity index (χ2n) is 8.55. The smallest absolute Gasteiger partial charge is 0.181 e. The second-order valence-corrected chi connectivity index (χ2v) is 8.55. The Morgan fingerprint density at radius 3 is 1.89 bits per heavy atom. The number of furan rings is 2. The first-order valence-corrected chi connectivity index (χ1v) is 11.4. The molecule has 0 atom stereocenters. The Kier molecular flexibility index (Phi) is 3.57. The number of benzene rings is 4. The summed E-state index contributed by atoms with van der Waals surface area (Å²) in [5.74, 6) is 0.599. The maximum Gasteiger partial charge on any atom is 0.181 e. The van der Waals surface area contributed by atoms with Gasteiger partial charge < -0.3 is 13.8 Å². The van der Waals surface area contributed by atoms with Crippen molar-refractivity contribution < 1.29 is 8.83 Å². The van der Waals surface area contributed by atoms with Gasteiger partial charge >= 0.3 is 0 Å². The topological polar surface area (TPSA) is 80.7 Å². The van der Waals surface area contributed by atoms with Gasteiger partial charge in [-0.15, -0.1) is 0 Å². The molecular formula is C29H16N4O2. The van der Waals surface area contributed by atoms with Crippen LogP contribution in [-0.2, 0) is 0 Å². The summed E-state index contributed by atoms with van der Waals surface area (Å²) in [6.45, 7) is 0. The molecular weight excluding hydrogens is 436 g/mol. The molecule has 6 heteroatoms. The quantitative estimate of drug-likeness (QED) is 0.294. The van der Waals surface area contributed by atoms with Crippen molar-refractivity contribution in [3.8, 4) is 22.6 Å². The van der Waals surface area contributed by atoms with Crippen molar-refractivity contribution in [2.24, 2.45) is 0 Å². The van der Waals surface area contributed by atoms with Crippen LogP contribution < -0.4 is 0 Å². The first kappa shape index (κ1) is 18.5. The Balaban J connectivity index is 1.48. The molecule has 0 aliphatic heterocycles. The number of rotatable bonds is 2. The molecule has 0 fully saturated rings. The summed E-state index contributed by atoms with van der Waals surface area (Å²) in [5.41, 5.74) is 7.36. The van der Waals surface area contributed by atoms with Crippen LogP contribution in [0.25, 0.3) is 77.7 Å². The van der Waals surface area contributed by atoms with E-state index < -0.39 is 0 Å².